The highest BCUT2D eigenvalue weighted by Gasteiger charge is 2.06. The lowest BCUT2D eigenvalue weighted by Crippen LogP contribution is -2.38. The van der Waals surface area contributed by atoms with Gasteiger partial charge < -0.3 is 15.1 Å². The molecule has 0 saturated carbocycles. The molecule has 25 heavy (non-hydrogen) atoms. The molecular weight excluding hydrogens is 352 g/mol. The van der Waals surface area contributed by atoms with Gasteiger partial charge in [-0.1, -0.05) is 0 Å². The quantitative estimate of drug-likeness (QED) is 0.483. The van der Waals surface area contributed by atoms with Gasteiger partial charge in [-0.25, -0.2) is 9.98 Å². The second-order valence-electron chi connectivity index (χ2n) is 5.47. The smallest absolute Gasteiger partial charge is 0.191 e. The first-order chi connectivity index (χ1) is 12.2. The van der Waals surface area contributed by atoms with Crippen LogP contribution in [0.4, 0.5) is 0 Å². The molecule has 3 rings (SSSR count). The van der Waals surface area contributed by atoms with Crippen molar-refractivity contribution < 1.29 is 4.42 Å². The first kappa shape index (κ1) is 17.7. The lowest BCUT2D eigenvalue weighted by molar-refractivity contribution is 0.512. The minimum Gasteiger partial charge on any atom is -0.467 e. The van der Waals surface area contributed by atoms with Crippen LogP contribution in [0, 0.1) is 6.92 Å². The molecule has 0 spiro atoms. The topological polar surface area (TPSA) is 62.5 Å². The van der Waals surface area contributed by atoms with Crippen LogP contribution >= 0.6 is 22.7 Å². The number of furan rings is 1. The number of nitrogens with one attached hydrogen (secondary N) is 2. The maximum atomic E-state index is 5.32. The van der Waals surface area contributed by atoms with Gasteiger partial charge in [0.05, 0.1) is 21.8 Å². The first-order valence-corrected chi connectivity index (χ1v) is 10.00. The van der Waals surface area contributed by atoms with Gasteiger partial charge in [-0.15, -0.1) is 22.7 Å². The molecule has 5 nitrogen and oxygen atoms in total. The van der Waals surface area contributed by atoms with Crippen LogP contribution in [-0.4, -0.2) is 24.0 Å². The molecule has 132 valence electrons. The fourth-order valence-corrected chi connectivity index (χ4v) is 3.99. The van der Waals surface area contributed by atoms with Crippen molar-refractivity contribution in [3.05, 3.63) is 51.6 Å². The van der Waals surface area contributed by atoms with Crippen molar-refractivity contribution in [3.8, 4) is 10.6 Å². The Hall–Kier alpha value is -2.12. The highest BCUT2D eigenvalue weighted by molar-refractivity contribution is 7.16. The van der Waals surface area contributed by atoms with E-state index in [-0.39, 0.29) is 0 Å². The average Bonchev–Trinajstić information content (AvgIpc) is 3.34. The van der Waals surface area contributed by atoms with Crippen LogP contribution < -0.4 is 10.6 Å². The summed E-state index contributed by atoms with van der Waals surface area (Å²) in [5.74, 6) is 1.67. The molecule has 0 bridgehead atoms. The second-order valence-corrected chi connectivity index (χ2v) is 7.70. The summed E-state index contributed by atoms with van der Waals surface area (Å²) in [5.41, 5.74) is 1.08. The molecule has 0 unspecified atom stereocenters. The number of thiazole rings is 1. The standard InChI is InChI=1S/C18H22N4OS2/c1-3-19-18(21-11-14-5-4-10-23-14)20-9-8-15-6-7-17(25-15)16-12-24-13(2)22-16/h4-7,10,12H,3,8-9,11H2,1-2H3,(H2,19,20,21). The fraction of sp³-hybridized carbons (Fsp3) is 0.333. The lowest BCUT2D eigenvalue weighted by atomic mass is 10.3. The number of aliphatic imine (C=N–C) groups is 1. The lowest BCUT2D eigenvalue weighted by Gasteiger charge is -2.10. The summed E-state index contributed by atoms with van der Waals surface area (Å²) in [6.07, 6.45) is 2.63. The molecule has 3 heterocycles. The largest absolute Gasteiger partial charge is 0.467 e. The van der Waals surface area contributed by atoms with Crippen molar-refractivity contribution >= 4 is 28.6 Å². The van der Waals surface area contributed by atoms with E-state index in [1.807, 2.05) is 19.1 Å². The number of aromatic nitrogens is 1. The molecule has 0 aliphatic carbocycles. The van der Waals surface area contributed by atoms with Crippen molar-refractivity contribution in [2.45, 2.75) is 26.8 Å². The van der Waals surface area contributed by atoms with E-state index in [9.17, 15) is 0 Å². The molecule has 0 fully saturated rings. The molecule has 0 aliphatic rings. The maximum Gasteiger partial charge on any atom is 0.191 e. The first-order valence-electron chi connectivity index (χ1n) is 8.30. The summed E-state index contributed by atoms with van der Waals surface area (Å²) >= 11 is 3.50. The number of thiophene rings is 1. The Balaban J connectivity index is 1.52. The third-order valence-electron chi connectivity index (χ3n) is 3.51. The predicted molar refractivity (Wildman–Crippen MR) is 105 cm³/mol. The molecule has 2 N–H and O–H groups in total. The van der Waals surface area contributed by atoms with E-state index in [2.05, 4.69) is 45.0 Å². The molecule has 0 radical (unpaired) electrons. The van der Waals surface area contributed by atoms with Gasteiger partial charge in [0.15, 0.2) is 5.96 Å². The van der Waals surface area contributed by atoms with E-state index in [4.69, 9.17) is 4.42 Å². The number of hydrogen-bond donors (Lipinski definition) is 2. The summed E-state index contributed by atoms with van der Waals surface area (Å²) in [4.78, 5) is 11.7. The van der Waals surface area contributed by atoms with Gasteiger partial charge in [0, 0.05) is 23.3 Å². The highest BCUT2D eigenvalue weighted by atomic mass is 32.1. The van der Waals surface area contributed by atoms with Gasteiger partial charge in [-0.05, 0) is 44.5 Å². The Morgan fingerprint density at radius 1 is 1.28 bits per heavy atom. The summed E-state index contributed by atoms with van der Waals surface area (Å²) in [6.45, 7) is 6.30. The Morgan fingerprint density at radius 2 is 2.20 bits per heavy atom. The van der Waals surface area contributed by atoms with Gasteiger partial charge >= 0.3 is 0 Å². The van der Waals surface area contributed by atoms with Crippen LogP contribution in [0.15, 0.2) is 45.3 Å². The number of aryl methyl sites for hydroxylation is 1. The summed E-state index contributed by atoms with van der Waals surface area (Å²) in [6, 6.07) is 8.15. The van der Waals surface area contributed by atoms with Crippen LogP contribution in [0.1, 0.15) is 22.6 Å². The van der Waals surface area contributed by atoms with Crippen LogP contribution in [0.5, 0.6) is 0 Å². The SMILES string of the molecule is CCNC(=NCc1ccco1)NCCc1ccc(-c2csc(C)n2)s1. The highest BCUT2D eigenvalue weighted by Crippen LogP contribution is 2.29. The van der Waals surface area contributed by atoms with Gasteiger partial charge in [0.25, 0.3) is 0 Å². The van der Waals surface area contributed by atoms with Gasteiger partial charge in [-0.3, -0.25) is 0 Å². The molecule has 0 atom stereocenters. The summed E-state index contributed by atoms with van der Waals surface area (Å²) < 4.78 is 5.32. The van der Waals surface area contributed by atoms with Crippen LogP contribution in [0.25, 0.3) is 10.6 Å². The average molecular weight is 375 g/mol. The molecule has 3 aromatic rings. The van der Waals surface area contributed by atoms with Crippen LogP contribution in [0.2, 0.25) is 0 Å². The number of guanidine groups is 1. The summed E-state index contributed by atoms with van der Waals surface area (Å²) in [7, 11) is 0. The van der Waals surface area contributed by atoms with Gasteiger partial charge in [-0.2, -0.15) is 0 Å². The van der Waals surface area contributed by atoms with Crippen molar-refractivity contribution in [2.75, 3.05) is 13.1 Å². The van der Waals surface area contributed by atoms with E-state index in [0.29, 0.717) is 6.54 Å². The minimum atomic E-state index is 0.536. The normalized spacial score (nSPS) is 11.7. The van der Waals surface area contributed by atoms with E-state index >= 15 is 0 Å². The molecule has 7 heteroatoms. The Morgan fingerprint density at radius 3 is 2.92 bits per heavy atom. The zero-order valence-corrected chi connectivity index (χ0v) is 16.0. The summed E-state index contributed by atoms with van der Waals surface area (Å²) in [5, 5.41) is 9.86. The number of hydrogen-bond acceptors (Lipinski definition) is 5. The zero-order chi connectivity index (χ0) is 17.5. The fourth-order valence-electron chi connectivity index (χ4n) is 2.33. The van der Waals surface area contributed by atoms with E-state index in [0.717, 1.165) is 41.9 Å². The minimum absolute atomic E-state index is 0.536. The second kappa shape index (κ2) is 8.82. The zero-order valence-electron chi connectivity index (χ0n) is 14.4. The number of rotatable bonds is 7. The van der Waals surface area contributed by atoms with E-state index in [1.54, 1.807) is 28.9 Å². The van der Waals surface area contributed by atoms with Crippen molar-refractivity contribution in [1.29, 1.82) is 0 Å². The predicted octanol–water partition coefficient (Wildman–Crippen LogP) is 4.07. The molecule has 0 aliphatic heterocycles. The molecule has 0 aromatic carbocycles. The van der Waals surface area contributed by atoms with Crippen molar-refractivity contribution in [2.24, 2.45) is 4.99 Å². The van der Waals surface area contributed by atoms with Crippen molar-refractivity contribution in [3.63, 3.8) is 0 Å². The molecular formula is C18H22N4OS2. The van der Waals surface area contributed by atoms with E-state index < -0.39 is 0 Å². The van der Waals surface area contributed by atoms with Crippen LogP contribution in [0.3, 0.4) is 0 Å². The Bertz CT molecular complexity index is 805. The third-order valence-corrected chi connectivity index (χ3v) is 5.46. The monoisotopic (exact) mass is 374 g/mol. The molecule has 0 amide bonds. The van der Waals surface area contributed by atoms with Crippen molar-refractivity contribution in [1.82, 2.24) is 15.6 Å². The third kappa shape index (κ3) is 5.17. The Labute approximate surface area is 155 Å². The van der Waals surface area contributed by atoms with E-state index in [1.165, 1.54) is 9.75 Å². The van der Waals surface area contributed by atoms with Gasteiger partial charge in [0.1, 0.15) is 12.3 Å². The van der Waals surface area contributed by atoms with Crippen LogP contribution in [-0.2, 0) is 13.0 Å². The number of nitrogens with zero attached hydrogens (tertiary/aromatic N) is 2. The maximum absolute atomic E-state index is 5.32. The molecule has 3 aromatic heterocycles. The molecule has 0 saturated heterocycles. The van der Waals surface area contributed by atoms with Gasteiger partial charge in [0.2, 0.25) is 0 Å². The Kier molecular flexibility index (Phi) is 6.25.